The summed E-state index contributed by atoms with van der Waals surface area (Å²) in [5.74, 6) is 0.944. The molecule has 0 aliphatic heterocycles. The van der Waals surface area contributed by atoms with E-state index in [9.17, 15) is 4.79 Å². The van der Waals surface area contributed by atoms with E-state index in [-0.39, 0.29) is 5.78 Å². The van der Waals surface area contributed by atoms with Gasteiger partial charge in [0.15, 0.2) is 5.78 Å². The Labute approximate surface area is 119 Å². The van der Waals surface area contributed by atoms with E-state index in [0.717, 1.165) is 29.7 Å². The van der Waals surface area contributed by atoms with Gasteiger partial charge in [-0.1, -0.05) is 42.0 Å². The molecular weight excluding hydrogens is 248 g/mol. The van der Waals surface area contributed by atoms with E-state index < -0.39 is 0 Å². The molecule has 0 radical (unpaired) electrons. The number of hydrogen-bond acceptors (Lipinski definition) is 2. The molecule has 2 aromatic rings. The Hall–Kier alpha value is -2.09. The smallest absolute Gasteiger partial charge is 0.167 e. The molecule has 0 heterocycles. The summed E-state index contributed by atoms with van der Waals surface area (Å²) < 4.78 is 5.73. The maximum absolute atomic E-state index is 12.3. The van der Waals surface area contributed by atoms with Crippen molar-refractivity contribution < 1.29 is 9.53 Å². The monoisotopic (exact) mass is 266 g/mol. The number of ketones is 1. The van der Waals surface area contributed by atoms with E-state index in [4.69, 9.17) is 4.74 Å². The SMILES string of the molecule is Cc1cccc(CC(=O)c2cccc(OC3CC3)c2)c1. The van der Waals surface area contributed by atoms with Gasteiger partial charge in [0, 0.05) is 12.0 Å². The van der Waals surface area contributed by atoms with Crippen molar-refractivity contribution in [3.8, 4) is 5.75 Å². The van der Waals surface area contributed by atoms with Gasteiger partial charge >= 0.3 is 0 Å². The molecule has 2 heteroatoms. The fraction of sp³-hybridized carbons (Fsp3) is 0.278. The van der Waals surface area contributed by atoms with Gasteiger partial charge in [-0.2, -0.15) is 0 Å². The minimum atomic E-state index is 0.136. The Balaban J connectivity index is 1.72. The average molecular weight is 266 g/mol. The zero-order valence-corrected chi connectivity index (χ0v) is 11.6. The summed E-state index contributed by atoms with van der Waals surface area (Å²) in [5, 5.41) is 0. The lowest BCUT2D eigenvalue weighted by Crippen LogP contribution is -2.04. The molecule has 0 atom stereocenters. The van der Waals surface area contributed by atoms with Crippen LogP contribution in [0.2, 0.25) is 0 Å². The zero-order chi connectivity index (χ0) is 13.9. The molecule has 20 heavy (non-hydrogen) atoms. The number of carbonyl (C=O) groups is 1. The Morgan fingerprint density at radius 3 is 2.70 bits per heavy atom. The molecule has 0 bridgehead atoms. The molecular formula is C18H18O2. The second kappa shape index (κ2) is 5.49. The zero-order valence-electron chi connectivity index (χ0n) is 11.6. The second-order valence-electron chi connectivity index (χ2n) is 5.43. The maximum Gasteiger partial charge on any atom is 0.167 e. The van der Waals surface area contributed by atoms with Crippen molar-refractivity contribution in [2.75, 3.05) is 0 Å². The highest BCUT2D eigenvalue weighted by Gasteiger charge is 2.23. The minimum Gasteiger partial charge on any atom is -0.490 e. The van der Waals surface area contributed by atoms with Crippen LogP contribution < -0.4 is 4.74 Å². The fourth-order valence-electron chi connectivity index (χ4n) is 2.23. The normalized spacial score (nSPS) is 14.1. The van der Waals surface area contributed by atoms with Crippen LogP contribution in [0.5, 0.6) is 5.75 Å². The van der Waals surface area contributed by atoms with Crippen LogP contribution >= 0.6 is 0 Å². The van der Waals surface area contributed by atoms with Crippen LogP contribution in [0.4, 0.5) is 0 Å². The lowest BCUT2D eigenvalue weighted by Gasteiger charge is -2.07. The number of hydrogen-bond donors (Lipinski definition) is 0. The number of aryl methyl sites for hydroxylation is 1. The number of rotatable bonds is 5. The van der Waals surface area contributed by atoms with Gasteiger partial charge in [0.05, 0.1) is 6.10 Å². The third-order valence-corrected chi connectivity index (χ3v) is 3.43. The highest BCUT2D eigenvalue weighted by molar-refractivity contribution is 5.97. The van der Waals surface area contributed by atoms with Crippen LogP contribution in [0.3, 0.4) is 0 Å². The van der Waals surface area contributed by atoms with Crippen LogP contribution in [0, 0.1) is 6.92 Å². The van der Waals surface area contributed by atoms with Crippen LogP contribution in [-0.2, 0) is 6.42 Å². The van der Waals surface area contributed by atoms with Crippen molar-refractivity contribution in [1.82, 2.24) is 0 Å². The number of carbonyl (C=O) groups excluding carboxylic acids is 1. The molecule has 2 nitrogen and oxygen atoms in total. The highest BCUT2D eigenvalue weighted by Crippen LogP contribution is 2.27. The quantitative estimate of drug-likeness (QED) is 0.766. The molecule has 0 N–H and O–H groups in total. The molecule has 1 saturated carbocycles. The number of Topliss-reactive ketones (excluding diaryl/α,β-unsaturated/α-hetero) is 1. The van der Waals surface area contributed by atoms with Gasteiger partial charge in [-0.15, -0.1) is 0 Å². The second-order valence-corrected chi connectivity index (χ2v) is 5.43. The van der Waals surface area contributed by atoms with Gasteiger partial charge < -0.3 is 4.74 Å². The molecule has 0 aromatic heterocycles. The molecule has 0 saturated heterocycles. The first-order chi connectivity index (χ1) is 9.70. The van der Waals surface area contributed by atoms with Gasteiger partial charge in [0.1, 0.15) is 5.75 Å². The summed E-state index contributed by atoms with van der Waals surface area (Å²) in [7, 11) is 0. The van der Waals surface area contributed by atoms with Gasteiger partial charge in [-0.25, -0.2) is 0 Å². The maximum atomic E-state index is 12.3. The van der Waals surface area contributed by atoms with E-state index >= 15 is 0 Å². The minimum absolute atomic E-state index is 0.136. The first-order valence-electron chi connectivity index (χ1n) is 7.06. The molecule has 3 rings (SSSR count). The van der Waals surface area contributed by atoms with Gasteiger partial charge in [0.2, 0.25) is 0 Å². The summed E-state index contributed by atoms with van der Waals surface area (Å²) in [4.78, 5) is 12.3. The molecule has 1 aliphatic carbocycles. The standard InChI is InChI=1S/C18H18O2/c1-13-4-2-5-14(10-13)11-18(19)15-6-3-7-17(12-15)20-16-8-9-16/h2-7,10,12,16H,8-9,11H2,1H3. The van der Waals surface area contributed by atoms with Gasteiger partial charge in [0.25, 0.3) is 0 Å². The van der Waals surface area contributed by atoms with Crippen LogP contribution in [0.25, 0.3) is 0 Å². The van der Waals surface area contributed by atoms with Crippen LogP contribution in [0.1, 0.15) is 34.3 Å². The Bertz CT molecular complexity index is 627. The van der Waals surface area contributed by atoms with E-state index in [0.29, 0.717) is 12.5 Å². The van der Waals surface area contributed by atoms with Crippen LogP contribution in [-0.4, -0.2) is 11.9 Å². The molecule has 1 aliphatic rings. The van der Waals surface area contributed by atoms with Crippen molar-refractivity contribution in [2.24, 2.45) is 0 Å². The van der Waals surface area contributed by atoms with Gasteiger partial charge in [-0.05, 0) is 37.5 Å². The summed E-state index contributed by atoms with van der Waals surface area (Å²) in [6.07, 6.45) is 3.05. The van der Waals surface area contributed by atoms with Crippen LogP contribution in [0.15, 0.2) is 48.5 Å². The largest absolute Gasteiger partial charge is 0.490 e. The third kappa shape index (κ3) is 3.27. The lowest BCUT2D eigenvalue weighted by atomic mass is 10.0. The predicted octanol–water partition coefficient (Wildman–Crippen LogP) is 3.96. The van der Waals surface area contributed by atoms with E-state index in [1.165, 1.54) is 5.56 Å². The average Bonchev–Trinajstić information content (AvgIpc) is 3.23. The summed E-state index contributed by atoms with van der Waals surface area (Å²) >= 11 is 0. The summed E-state index contributed by atoms with van der Waals surface area (Å²) in [6.45, 7) is 2.04. The molecule has 1 fully saturated rings. The molecule has 0 unspecified atom stereocenters. The Morgan fingerprint density at radius 2 is 1.95 bits per heavy atom. The summed E-state index contributed by atoms with van der Waals surface area (Å²) in [5.41, 5.74) is 2.97. The highest BCUT2D eigenvalue weighted by atomic mass is 16.5. The first kappa shape index (κ1) is 12.9. The van der Waals surface area contributed by atoms with Crippen molar-refractivity contribution in [2.45, 2.75) is 32.3 Å². The molecule has 0 spiro atoms. The fourth-order valence-corrected chi connectivity index (χ4v) is 2.23. The lowest BCUT2D eigenvalue weighted by molar-refractivity contribution is 0.0992. The van der Waals surface area contributed by atoms with Crippen molar-refractivity contribution in [1.29, 1.82) is 0 Å². The van der Waals surface area contributed by atoms with Crippen molar-refractivity contribution in [3.63, 3.8) is 0 Å². The molecule has 2 aromatic carbocycles. The van der Waals surface area contributed by atoms with E-state index in [2.05, 4.69) is 6.07 Å². The van der Waals surface area contributed by atoms with Crippen molar-refractivity contribution in [3.05, 3.63) is 65.2 Å². The van der Waals surface area contributed by atoms with E-state index in [1.807, 2.05) is 49.4 Å². The third-order valence-electron chi connectivity index (χ3n) is 3.43. The predicted molar refractivity (Wildman–Crippen MR) is 79.3 cm³/mol. The van der Waals surface area contributed by atoms with Gasteiger partial charge in [-0.3, -0.25) is 4.79 Å². The molecule has 102 valence electrons. The molecule has 0 amide bonds. The van der Waals surface area contributed by atoms with E-state index in [1.54, 1.807) is 0 Å². The Morgan fingerprint density at radius 1 is 1.15 bits per heavy atom. The van der Waals surface area contributed by atoms with Crippen molar-refractivity contribution >= 4 is 5.78 Å². The summed E-state index contributed by atoms with van der Waals surface area (Å²) in [6, 6.07) is 15.6. The Kier molecular flexibility index (Phi) is 3.55. The first-order valence-corrected chi connectivity index (χ1v) is 7.06. The number of ether oxygens (including phenoxy) is 1. The topological polar surface area (TPSA) is 26.3 Å². The number of benzene rings is 2.